The van der Waals surface area contributed by atoms with E-state index in [0.29, 0.717) is 11.0 Å². The van der Waals surface area contributed by atoms with Crippen LogP contribution in [0.15, 0.2) is 0 Å². The van der Waals surface area contributed by atoms with Crippen molar-refractivity contribution in [2.24, 2.45) is 5.92 Å². The summed E-state index contributed by atoms with van der Waals surface area (Å²) in [5.41, 5.74) is 4.95. The Morgan fingerprint density at radius 2 is 2.07 bits per heavy atom. The third-order valence-electron chi connectivity index (χ3n) is 1.26. The van der Waals surface area contributed by atoms with Crippen LogP contribution in [-0.2, 0) is 9.53 Å². The van der Waals surface area contributed by atoms with Gasteiger partial charge in [0.05, 0.1) is 0 Å². The molecule has 0 aliphatic carbocycles. The fourth-order valence-electron chi connectivity index (χ4n) is 0.635. The Labute approximate surface area is 89.5 Å². The molecular weight excluding hydrogens is 202 g/mol. The lowest BCUT2D eigenvalue weighted by atomic mass is 10.2. The van der Waals surface area contributed by atoms with Crippen molar-refractivity contribution in [3.8, 4) is 0 Å². The Morgan fingerprint density at radius 3 is 2.57 bits per heavy atom. The smallest absolute Gasteiger partial charge is 0.264 e. The molecular formula is C8H17N3O2S. The van der Waals surface area contributed by atoms with Crippen molar-refractivity contribution in [3.05, 3.63) is 0 Å². The van der Waals surface area contributed by atoms with Gasteiger partial charge in [-0.15, -0.1) is 0 Å². The van der Waals surface area contributed by atoms with E-state index in [2.05, 4.69) is 34.8 Å². The molecule has 0 radical (unpaired) electrons. The van der Waals surface area contributed by atoms with Crippen molar-refractivity contribution in [2.75, 3.05) is 20.3 Å². The van der Waals surface area contributed by atoms with E-state index in [-0.39, 0.29) is 12.5 Å². The van der Waals surface area contributed by atoms with E-state index < -0.39 is 0 Å². The minimum absolute atomic E-state index is 0.0137. The van der Waals surface area contributed by atoms with Crippen LogP contribution in [0.25, 0.3) is 0 Å². The number of rotatable bonds is 4. The molecule has 0 saturated heterocycles. The fourth-order valence-corrected chi connectivity index (χ4v) is 0.769. The summed E-state index contributed by atoms with van der Waals surface area (Å²) in [6.45, 7) is 4.92. The molecule has 0 aromatic carbocycles. The number of methoxy groups -OCH3 is 1. The normalized spacial score (nSPS) is 9.71. The van der Waals surface area contributed by atoms with Gasteiger partial charge in [-0.1, -0.05) is 13.8 Å². The minimum Gasteiger partial charge on any atom is -0.375 e. The molecule has 0 saturated carbocycles. The summed E-state index contributed by atoms with van der Waals surface area (Å²) < 4.78 is 4.62. The first-order chi connectivity index (χ1) is 6.56. The molecule has 1 amide bonds. The topological polar surface area (TPSA) is 62.4 Å². The van der Waals surface area contributed by atoms with Gasteiger partial charge in [0.15, 0.2) is 5.11 Å². The van der Waals surface area contributed by atoms with Crippen LogP contribution >= 0.6 is 12.2 Å². The van der Waals surface area contributed by atoms with Crippen LogP contribution in [0, 0.1) is 5.92 Å². The third-order valence-corrected chi connectivity index (χ3v) is 1.51. The number of nitrogens with one attached hydrogen (secondary N) is 3. The summed E-state index contributed by atoms with van der Waals surface area (Å²) in [6.07, 6.45) is 0. The standard InChI is InChI=1S/C8H17N3O2S/c1-6(2)4-9-8(14)11-10-7(12)5-13-3/h6H,4-5H2,1-3H3,(H,10,12)(H2,9,11,14). The molecule has 0 aliphatic rings. The van der Waals surface area contributed by atoms with Gasteiger partial charge < -0.3 is 10.1 Å². The van der Waals surface area contributed by atoms with Crippen LogP contribution in [0.4, 0.5) is 0 Å². The van der Waals surface area contributed by atoms with Crippen LogP contribution in [0.3, 0.4) is 0 Å². The summed E-state index contributed by atoms with van der Waals surface area (Å²) in [4.78, 5) is 10.9. The molecule has 6 heteroatoms. The Balaban J connectivity index is 3.48. The van der Waals surface area contributed by atoms with Gasteiger partial charge in [-0.05, 0) is 18.1 Å². The first-order valence-electron chi connectivity index (χ1n) is 4.38. The van der Waals surface area contributed by atoms with Crippen LogP contribution in [0.1, 0.15) is 13.8 Å². The van der Waals surface area contributed by atoms with E-state index in [4.69, 9.17) is 12.2 Å². The molecule has 14 heavy (non-hydrogen) atoms. The fraction of sp³-hybridized carbons (Fsp3) is 0.750. The molecule has 0 spiro atoms. The van der Waals surface area contributed by atoms with Crippen LogP contribution in [0.5, 0.6) is 0 Å². The molecule has 3 N–H and O–H groups in total. The molecule has 0 aromatic rings. The lowest BCUT2D eigenvalue weighted by Gasteiger charge is -2.12. The van der Waals surface area contributed by atoms with E-state index in [1.54, 1.807) is 0 Å². The van der Waals surface area contributed by atoms with Gasteiger partial charge in [0, 0.05) is 13.7 Å². The molecule has 82 valence electrons. The second-order valence-electron chi connectivity index (χ2n) is 3.21. The number of hydrogen-bond donors (Lipinski definition) is 3. The predicted molar refractivity (Wildman–Crippen MR) is 58.6 cm³/mol. The summed E-state index contributed by atoms with van der Waals surface area (Å²) in [7, 11) is 1.45. The van der Waals surface area contributed by atoms with Gasteiger partial charge in [-0.3, -0.25) is 15.6 Å². The summed E-state index contributed by atoms with van der Waals surface area (Å²) in [6, 6.07) is 0. The van der Waals surface area contributed by atoms with Crippen molar-refractivity contribution < 1.29 is 9.53 Å². The highest BCUT2D eigenvalue weighted by Gasteiger charge is 2.00. The number of amides is 1. The maximum Gasteiger partial charge on any atom is 0.264 e. The molecule has 0 unspecified atom stereocenters. The van der Waals surface area contributed by atoms with E-state index in [9.17, 15) is 4.79 Å². The van der Waals surface area contributed by atoms with Gasteiger partial charge in [0.1, 0.15) is 6.61 Å². The van der Waals surface area contributed by atoms with E-state index in [0.717, 1.165) is 6.54 Å². The average Bonchev–Trinajstić information content (AvgIpc) is 2.12. The number of ether oxygens (including phenoxy) is 1. The Morgan fingerprint density at radius 1 is 1.43 bits per heavy atom. The Bertz CT molecular complexity index is 197. The van der Waals surface area contributed by atoms with Gasteiger partial charge in [-0.2, -0.15) is 0 Å². The minimum atomic E-state index is -0.263. The van der Waals surface area contributed by atoms with E-state index in [1.165, 1.54) is 7.11 Å². The zero-order valence-electron chi connectivity index (χ0n) is 8.72. The number of carbonyl (C=O) groups is 1. The quantitative estimate of drug-likeness (QED) is 0.451. The lowest BCUT2D eigenvalue weighted by Crippen LogP contribution is -2.48. The average molecular weight is 219 g/mol. The maximum absolute atomic E-state index is 10.9. The van der Waals surface area contributed by atoms with Gasteiger partial charge in [0.2, 0.25) is 0 Å². The van der Waals surface area contributed by atoms with Gasteiger partial charge >= 0.3 is 0 Å². The number of hydrazine groups is 1. The molecule has 0 fully saturated rings. The highest BCUT2D eigenvalue weighted by molar-refractivity contribution is 7.80. The van der Waals surface area contributed by atoms with Crippen molar-refractivity contribution >= 4 is 23.2 Å². The Kier molecular flexibility index (Phi) is 7.04. The van der Waals surface area contributed by atoms with E-state index in [1.807, 2.05) is 0 Å². The monoisotopic (exact) mass is 219 g/mol. The highest BCUT2D eigenvalue weighted by atomic mass is 32.1. The number of thiocarbonyl (C=S) groups is 1. The molecule has 0 heterocycles. The molecule has 0 aliphatic heterocycles. The largest absolute Gasteiger partial charge is 0.375 e. The summed E-state index contributed by atoms with van der Waals surface area (Å²) >= 11 is 4.90. The summed E-state index contributed by atoms with van der Waals surface area (Å²) in [5, 5.41) is 3.35. The van der Waals surface area contributed by atoms with Crippen molar-refractivity contribution in [2.45, 2.75) is 13.8 Å². The van der Waals surface area contributed by atoms with Crippen LogP contribution < -0.4 is 16.2 Å². The molecule has 5 nitrogen and oxygen atoms in total. The lowest BCUT2D eigenvalue weighted by molar-refractivity contribution is -0.125. The maximum atomic E-state index is 10.9. The zero-order chi connectivity index (χ0) is 11.0. The van der Waals surface area contributed by atoms with Crippen molar-refractivity contribution in [1.29, 1.82) is 0 Å². The van der Waals surface area contributed by atoms with E-state index >= 15 is 0 Å². The number of hydrogen-bond acceptors (Lipinski definition) is 3. The van der Waals surface area contributed by atoms with Gasteiger partial charge in [0.25, 0.3) is 5.91 Å². The zero-order valence-corrected chi connectivity index (χ0v) is 9.53. The van der Waals surface area contributed by atoms with Crippen molar-refractivity contribution in [1.82, 2.24) is 16.2 Å². The SMILES string of the molecule is COCC(=O)NNC(=S)NCC(C)C. The van der Waals surface area contributed by atoms with Gasteiger partial charge in [-0.25, -0.2) is 0 Å². The molecule has 0 atom stereocenters. The van der Waals surface area contributed by atoms with Crippen molar-refractivity contribution in [3.63, 3.8) is 0 Å². The van der Waals surface area contributed by atoms with Crippen LogP contribution in [0.2, 0.25) is 0 Å². The molecule has 0 bridgehead atoms. The highest BCUT2D eigenvalue weighted by Crippen LogP contribution is 1.85. The molecule has 0 rings (SSSR count). The third kappa shape index (κ3) is 7.75. The second-order valence-corrected chi connectivity index (χ2v) is 3.62. The first-order valence-corrected chi connectivity index (χ1v) is 4.78. The number of carbonyl (C=O) groups excluding carboxylic acids is 1. The predicted octanol–water partition coefficient (Wildman–Crippen LogP) is -0.216. The second kappa shape index (κ2) is 7.52. The summed E-state index contributed by atoms with van der Waals surface area (Å²) in [5.74, 6) is 0.241. The van der Waals surface area contributed by atoms with Crippen LogP contribution in [-0.4, -0.2) is 31.3 Å². The Hall–Kier alpha value is -0.880. The molecule has 0 aromatic heterocycles. The first kappa shape index (κ1) is 13.1.